The number of halogens is 3. The van der Waals surface area contributed by atoms with Gasteiger partial charge in [0.25, 0.3) is 5.56 Å². The zero-order valence-corrected chi connectivity index (χ0v) is 15.3. The Labute approximate surface area is 167 Å². The Morgan fingerprint density at radius 3 is 2.60 bits per heavy atom. The van der Waals surface area contributed by atoms with E-state index in [0.29, 0.717) is 10.8 Å². The molecule has 2 heterocycles. The van der Waals surface area contributed by atoms with Crippen LogP contribution in [0.5, 0.6) is 0 Å². The number of nitrogens with zero attached hydrogens (tertiary/aromatic N) is 4. The third kappa shape index (κ3) is 3.79. The summed E-state index contributed by atoms with van der Waals surface area (Å²) in [5.74, 6) is -0.701. The van der Waals surface area contributed by atoms with E-state index in [0.717, 1.165) is 16.8 Å². The zero-order chi connectivity index (χ0) is 21.3. The molecular formula is C20H14F3N5O2. The van der Waals surface area contributed by atoms with Crippen molar-refractivity contribution in [2.45, 2.75) is 12.7 Å². The number of benzene rings is 2. The van der Waals surface area contributed by atoms with E-state index < -0.39 is 29.8 Å². The number of carbonyl (C=O) groups is 1. The van der Waals surface area contributed by atoms with Crippen LogP contribution in [0.15, 0.2) is 71.9 Å². The van der Waals surface area contributed by atoms with Crippen molar-refractivity contribution >= 4 is 22.4 Å². The van der Waals surface area contributed by atoms with Crippen molar-refractivity contribution in [2.75, 3.05) is 5.32 Å². The molecule has 1 N–H and O–H groups in total. The molecule has 0 fully saturated rings. The largest absolute Gasteiger partial charge is 0.416 e. The van der Waals surface area contributed by atoms with Crippen LogP contribution in [-0.4, -0.2) is 25.5 Å². The summed E-state index contributed by atoms with van der Waals surface area (Å²) in [5.41, 5.74) is -1.23. The van der Waals surface area contributed by atoms with Crippen LogP contribution in [0.25, 0.3) is 16.5 Å². The van der Waals surface area contributed by atoms with Crippen LogP contribution >= 0.6 is 0 Å². The monoisotopic (exact) mass is 413 g/mol. The number of amides is 1. The third-order valence-electron chi connectivity index (χ3n) is 4.40. The van der Waals surface area contributed by atoms with Crippen LogP contribution in [0.3, 0.4) is 0 Å². The number of aromatic nitrogens is 4. The maximum absolute atomic E-state index is 13.1. The van der Waals surface area contributed by atoms with Crippen molar-refractivity contribution in [1.29, 1.82) is 0 Å². The minimum atomic E-state index is -4.58. The molecule has 0 aliphatic rings. The average Bonchev–Trinajstić information content (AvgIpc) is 3.24. The first kappa shape index (κ1) is 19.4. The van der Waals surface area contributed by atoms with E-state index >= 15 is 0 Å². The second kappa shape index (κ2) is 7.47. The molecule has 4 aromatic rings. The van der Waals surface area contributed by atoms with Crippen LogP contribution in [0.2, 0.25) is 0 Å². The molecule has 1 amide bonds. The zero-order valence-electron chi connectivity index (χ0n) is 15.3. The van der Waals surface area contributed by atoms with E-state index in [9.17, 15) is 22.8 Å². The fraction of sp³-hybridized carbons (Fsp3) is 0.100. The van der Waals surface area contributed by atoms with Gasteiger partial charge in [-0.1, -0.05) is 18.2 Å². The minimum absolute atomic E-state index is 0.0904. The van der Waals surface area contributed by atoms with Crippen LogP contribution in [-0.2, 0) is 17.5 Å². The summed E-state index contributed by atoms with van der Waals surface area (Å²) in [7, 11) is 0. The van der Waals surface area contributed by atoms with Gasteiger partial charge in [0.05, 0.1) is 28.5 Å². The summed E-state index contributed by atoms with van der Waals surface area (Å²) in [6.07, 6.45) is -0.141. The Hall–Kier alpha value is -3.95. The molecule has 0 saturated heterocycles. The van der Waals surface area contributed by atoms with Crippen molar-refractivity contribution < 1.29 is 18.0 Å². The van der Waals surface area contributed by atoms with Crippen molar-refractivity contribution in [3.05, 3.63) is 83.0 Å². The van der Waals surface area contributed by atoms with E-state index in [1.807, 2.05) is 0 Å². The number of alkyl halides is 3. The topological polar surface area (TPSA) is 81.8 Å². The SMILES string of the molecule is O=C(Cn1ncc2ccccc2c1=O)Nc1cc(C(F)(F)F)ccc1-n1cccn1. The molecule has 30 heavy (non-hydrogen) atoms. The van der Waals surface area contributed by atoms with Gasteiger partial charge in [-0.15, -0.1) is 0 Å². The van der Waals surface area contributed by atoms with Crippen LogP contribution in [0.4, 0.5) is 18.9 Å². The lowest BCUT2D eigenvalue weighted by Crippen LogP contribution is -2.29. The van der Waals surface area contributed by atoms with Crippen molar-refractivity contribution in [3.63, 3.8) is 0 Å². The number of carbonyl (C=O) groups excluding carboxylic acids is 1. The molecule has 10 heteroatoms. The summed E-state index contributed by atoms with van der Waals surface area (Å²) in [6.45, 7) is -0.460. The van der Waals surface area contributed by atoms with Crippen LogP contribution < -0.4 is 10.9 Å². The summed E-state index contributed by atoms with van der Waals surface area (Å²) >= 11 is 0. The lowest BCUT2D eigenvalue weighted by Gasteiger charge is -2.15. The average molecular weight is 413 g/mol. The van der Waals surface area contributed by atoms with Crippen LogP contribution in [0.1, 0.15) is 5.56 Å². The highest BCUT2D eigenvalue weighted by Crippen LogP contribution is 2.33. The maximum atomic E-state index is 13.1. The number of nitrogens with one attached hydrogen (secondary N) is 1. The predicted octanol–water partition coefficient (Wildman–Crippen LogP) is 3.24. The molecule has 152 valence electrons. The Kier molecular flexibility index (Phi) is 4.82. The number of fused-ring (bicyclic) bond motifs is 1. The molecule has 0 unspecified atom stereocenters. The van der Waals surface area contributed by atoms with E-state index in [4.69, 9.17) is 0 Å². The smallest absolute Gasteiger partial charge is 0.323 e. The molecular weight excluding hydrogens is 399 g/mol. The number of rotatable bonds is 4. The Balaban J connectivity index is 1.66. The first-order valence-corrected chi connectivity index (χ1v) is 8.79. The first-order chi connectivity index (χ1) is 14.3. The summed E-state index contributed by atoms with van der Waals surface area (Å²) in [4.78, 5) is 25.0. The van der Waals surface area contributed by atoms with E-state index in [-0.39, 0.29) is 11.4 Å². The molecule has 0 aliphatic heterocycles. The van der Waals surface area contributed by atoms with E-state index in [1.54, 1.807) is 30.3 Å². The number of anilines is 1. The van der Waals surface area contributed by atoms with E-state index in [1.165, 1.54) is 29.3 Å². The van der Waals surface area contributed by atoms with Gasteiger partial charge < -0.3 is 5.32 Å². The van der Waals surface area contributed by atoms with Gasteiger partial charge in [-0.3, -0.25) is 9.59 Å². The van der Waals surface area contributed by atoms with Crippen molar-refractivity contribution in [1.82, 2.24) is 19.6 Å². The molecule has 7 nitrogen and oxygen atoms in total. The molecule has 0 atom stereocenters. The predicted molar refractivity (Wildman–Crippen MR) is 103 cm³/mol. The van der Waals surface area contributed by atoms with Gasteiger partial charge in [0.1, 0.15) is 6.54 Å². The Bertz CT molecular complexity index is 1280. The molecule has 2 aromatic heterocycles. The van der Waals surface area contributed by atoms with Crippen molar-refractivity contribution in [3.8, 4) is 5.69 Å². The van der Waals surface area contributed by atoms with Gasteiger partial charge in [-0.05, 0) is 30.3 Å². The summed E-state index contributed by atoms with van der Waals surface area (Å²) in [6, 6.07) is 11.3. The second-order valence-corrected chi connectivity index (χ2v) is 6.42. The molecule has 0 aliphatic carbocycles. The maximum Gasteiger partial charge on any atom is 0.416 e. The molecule has 0 bridgehead atoms. The molecule has 0 spiro atoms. The van der Waals surface area contributed by atoms with Crippen molar-refractivity contribution in [2.24, 2.45) is 0 Å². The lowest BCUT2D eigenvalue weighted by molar-refractivity contribution is -0.137. The summed E-state index contributed by atoms with van der Waals surface area (Å²) < 4.78 is 41.7. The first-order valence-electron chi connectivity index (χ1n) is 8.79. The number of hydrogen-bond acceptors (Lipinski definition) is 4. The Morgan fingerprint density at radius 1 is 1.07 bits per heavy atom. The highest BCUT2D eigenvalue weighted by Gasteiger charge is 2.31. The van der Waals surface area contributed by atoms with Gasteiger partial charge in [0, 0.05) is 17.8 Å². The second-order valence-electron chi connectivity index (χ2n) is 6.42. The Morgan fingerprint density at radius 2 is 1.87 bits per heavy atom. The fourth-order valence-corrected chi connectivity index (χ4v) is 2.99. The summed E-state index contributed by atoms with van der Waals surface area (Å²) in [5, 5.41) is 11.4. The quantitative estimate of drug-likeness (QED) is 0.557. The highest BCUT2D eigenvalue weighted by molar-refractivity contribution is 5.93. The minimum Gasteiger partial charge on any atom is -0.323 e. The molecule has 0 saturated carbocycles. The van der Waals surface area contributed by atoms with Gasteiger partial charge in [0.15, 0.2) is 0 Å². The highest BCUT2D eigenvalue weighted by atomic mass is 19.4. The fourth-order valence-electron chi connectivity index (χ4n) is 2.99. The van der Waals surface area contributed by atoms with Gasteiger partial charge in [0.2, 0.25) is 5.91 Å². The normalized spacial score (nSPS) is 11.6. The standard InChI is InChI=1S/C20H14F3N5O2/c21-20(22,23)14-6-7-17(27-9-3-8-24-27)16(10-14)26-18(29)12-28-19(30)15-5-2-1-4-13(15)11-25-28/h1-11H,12H2,(H,26,29). The van der Waals surface area contributed by atoms with Crippen LogP contribution in [0, 0.1) is 0 Å². The lowest BCUT2D eigenvalue weighted by atomic mass is 10.1. The molecule has 0 radical (unpaired) electrons. The number of hydrogen-bond donors (Lipinski definition) is 1. The van der Waals surface area contributed by atoms with Gasteiger partial charge in [-0.2, -0.15) is 23.4 Å². The van der Waals surface area contributed by atoms with Gasteiger partial charge >= 0.3 is 6.18 Å². The molecule has 4 rings (SSSR count). The van der Waals surface area contributed by atoms with E-state index in [2.05, 4.69) is 15.5 Å². The molecule has 2 aromatic carbocycles. The van der Waals surface area contributed by atoms with Gasteiger partial charge in [-0.25, -0.2) is 9.36 Å². The third-order valence-corrected chi connectivity index (χ3v) is 4.40.